The van der Waals surface area contributed by atoms with Crippen LogP contribution in [0.1, 0.15) is 184 Å². The van der Waals surface area contributed by atoms with Gasteiger partial charge in [0, 0.05) is 36.0 Å². The molecule has 0 aliphatic heterocycles. The van der Waals surface area contributed by atoms with Crippen LogP contribution in [-0.4, -0.2) is 73.6 Å². The minimum Gasteiger partial charge on any atom is -0.464 e. The summed E-state index contributed by atoms with van der Waals surface area (Å²) in [5, 5.41) is 8.49. The summed E-state index contributed by atoms with van der Waals surface area (Å²) in [5.74, 6) is -4.06. The Balaban J connectivity index is 1.66. The van der Waals surface area contributed by atoms with Gasteiger partial charge in [-0.2, -0.15) is 0 Å². The molecule has 3 amide bonds. The van der Waals surface area contributed by atoms with E-state index in [2.05, 4.69) is 36.7 Å². The summed E-state index contributed by atoms with van der Waals surface area (Å²) in [4.78, 5) is 84.5. The summed E-state index contributed by atoms with van der Waals surface area (Å²) in [6, 6.07) is 28.4. The van der Waals surface area contributed by atoms with Crippen LogP contribution in [-0.2, 0) is 47.9 Å². The van der Waals surface area contributed by atoms with Crippen LogP contribution < -0.4 is 16.0 Å². The first-order valence-corrected chi connectivity index (χ1v) is 26.8. The van der Waals surface area contributed by atoms with Crippen molar-refractivity contribution in [2.75, 3.05) is 19.8 Å². The second-order valence-corrected chi connectivity index (χ2v) is 18.8. The molecule has 12 nitrogen and oxygen atoms in total. The molecule has 4 aromatic rings. The van der Waals surface area contributed by atoms with Crippen LogP contribution in [0.4, 0.5) is 0 Å². The Labute approximate surface area is 429 Å². The number of ether oxygens (including phenoxy) is 3. The van der Waals surface area contributed by atoms with E-state index >= 15 is 0 Å². The van der Waals surface area contributed by atoms with Gasteiger partial charge in [-0.15, -0.1) is 0 Å². The van der Waals surface area contributed by atoms with Crippen LogP contribution in [0.15, 0.2) is 109 Å². The highest BCUT2D eigenvalue weighted by Gasteiger charge is 2.29. The quantitative estimate of drug-likeness (QED) is 0.0228. The fourth-order valence-corrected chi connectivity index (χ4v) is 8.34. The smallest absolute Gasteiger partial charge is 0.328 e. The molecular formula is C60H81N3O9. The van der Waals surface area contributed by atoms with E-state index in [0.717, 1.165) is 113 Å². The second kappa shape index (κ2) is 34.9. The van der Waals surface area contributed by atoms with Gasteiger partial charge in [-0.25, -0.2) is 14.4 Å². The molecule has 3 N–H and O–H groups in total. The molecule has 4 aromatic carbocycles. The average Bonchev–Trinajstić information content (AvgIpc) is 3.40. The van der Waals surface area contributed by atoms with Crippen molar-refractivity contribution >= 4 is 35.6 Å². The number of amides is 3. The van der Waals surface area contributed by atoms with Crippen LogP contribution in [0, 0.1) is 0 Å². The van der Waals surface area contributed by atoms with E-state index in [0.29, 0.717) is 19.3 Å². The maximum Gasteiger partial charge on any atom is 0.328 e. The van der Waals surface area contributed by atoms with Crippen molar-refractivity contribution in [1.82, 2.24) is 16.0 Å². The molecule has 72 heavy (non-hydrogen) atoms. The number of hydrogen-bond acceptors (Lipinski definition) is 9. The molecule has 0 spiro atoms. The third kappa shape index (κ3) is 22.8. The monoisotopic (exact) mass is 988 g/mol. The molecule has 0 aromatic heterocycles. The molecular weight excluding hydrogens is 907 g/mol. The van der Waals surface area contributed by atoms with Crippen LogP contribution >= 0.6 is 0 Å². The van der Waals surface area contributed by atoms with Crippen molar-refractivity contribution in [1.29, 1.82) is 0 Å². The van der Waals surface area contributed by atoms with Crippen molar-refractivity contribution in [3.05, 3.63) is 143 Å². The number of hydrogen-bond donors (Lipinski definition) is 3. The first-order valence-electron chi connectivity index (χ1n) is 26.8. The van der Waals surface area contributed by atoms with Crippen LogP contribution in [0.2, 0.25) is 0 Å². The van der Waals surface area contributed by atoms with E-state index in [1.54, 1.807) is 0 Å². The number of carbonyl (C=O) groups is 6. The van der Waals surface area contributed by atoms with E-state index in [4.69, 9.17) is 14.2 Å². The van der Waals surface area contributed by atoms with E-state index in [1.807, 2.05) is 91.0 Å². The first-order chi connectivity index (χ1) is 35.1. The minimum atomic E-state index is -1.11. The van der Waals surface area contributed by atoms with Gasteiger partial charge in [0.25, 0.3) is 17.7 Å². The number of esters is 3. The first kappa shape index (κ1) is 58.3. The summed E-state index contributed by atoms with van der Waals surface area (Å²) in [6.07, 6.45) is 18.5. The average molecular weight is 988 g/mol. The SMILES string of the molecule is CCCCCCCCOC(=O)[C@H](Cc1ccccc1)NC(=O)c1cc(C(=O)N[C@@H](Cc2ccccc2)C(=O)OCCCCCCCC)cc(C(=O)N[C@@H](Cc2ccccc2)C(=O)OCCCCCCCC)c1. The summed E-state index contributed by atoms with van der Waals surface area (Å²) >= 11 is 0. The van der Waals surface area contributed by atoms with Gasteiger partial charge in [0.15, 0.2) is 0 Å². The predicted octanol–water partition coefficient (Wildman–Crippen LogP) is 11.4. The van der Waals surface area contributed by atoms with Crippen LogP contribution in [0.3, 0.4) is 0 Å². The number of carbonyl (C=O) groups excluding carboxylic acids is 6. The fraction of sp³-hybridized carbons (Fsp3) is 0.500. The molecule has 0 aliphatic rings. The van der Waals surface area contributed by atoms with E-state index in [-0.39, 0.29) is 55.8 Å². The van der Waals surface area contributed by atoms with Gasteiger partial charge < -0.3 is 30.2 Å². The predicted molar refractivity (Wildman–Crippen MR) is 284 cm³/mol. The Morgan fingerprint density at radius 1 is 0.347 bits per heavy atom. The van der Waals surface area contributed by atoms with E-state index in [1.165, 1.54) is 18.2 Å². The maximum absolute atomic E-state index is 14.4. The molecule has 0 radical (unpaired) electrons. The zero-order valence-electron chi connectivity index (χ0n) is 43.3. The highest BCUT2D eigenvalue weighted by Crippen LogP contribution is 2.17. The molecule has 0 bridgehead atoms. The molecule has 0 heterocycles. The highest BCUT2D eigenvalue weighted by atomic mass is 16.5. The third-order valence-corrected chi connectivity index (χ3v) is 12.6. The van der Waals surface area contributed by atoms with Gasteiger partial charge in [0.05, 0.1) is 19.8 Å². The van der Waals surface area contributed by atoms with E-state index in [9.17, 15) is 28.8 Å². The van der Waals surface area contributed by atoms with Crippen molar-refractivity contribution in [2.45, 2.75) is 174 Å². The molecule has 3 atom stereocenters. The molecule has 390 valence electrons. The van der Waals surface area contributed by atoms with Crippen molar-refractivity contribution in [2.24, 2.45) is 0 Å². The molecule has 0 saturated carbocycles. The lowest BCUT2D eigenvalue weighted by Gasteiger charge is -2.21. The lowest BCUT2D eigenvalue weighted by atomic mass is 10.0. The maximum atomic E-state index is 14.4. The number of unbranched alkanes of at least 4 members (excludes halogenated alkanes) is 15. The Hall–Kier alpha value is -6.30. The zero-order valence-corrected chi connectivity index (χ0v) is 43.3. The zero-order chi connectivity index (χ0) is 51.6. The largest absolute Gasteiger partial charge is 0.464 e. The van der Waals surface area contributed by atoms with Gasteiger partial charge in [-0.1, -0.05) is 208 Å². The summed E-state index contributed by atoms with van der Waals surface area (Å²) in [7, 11) is 0. The van der Waals surface area contributed by atoms with Crippen LogP contribution in [0.25, 0.3) is 0 Å². The van der Waals surface area contributed by atoms with Crippen molar-refractivity contribution < 1.29 is 43.0 Å². The highest BCUT2D eigenvalue weighted by molar-refractivity contribution is 6.06. The normalized spacial score (nSPS) is 12.2. The summed E-state index contributed by atoms with van der Waals surface area (Å²) in [6.45, 7) is 7.06. The molecule has 0 aliphatic carbocycles. The van der Waals surface area contributed by atoms with Gasteiger partial charge in [0.1, 0.15) is 18.1 Å². The molecule has 12 heteroatoms. The number of rotatable bonds is 36. The molecule has 0 unspecified atom stereocenters. The number of benzene rings is 4. The minimum absolute atomic E-state index is 0.106. The lowest BCUT2D eigenvalue weighted by molar-refractivity contribution is -0.146. The summed E-state index contributed by atoms with van der Waals surface area (Å²) in [5.41, 5.74) is 2.04. The fourth-order valence-electron chi connectivity index (χ4n) is 8.34. The molecule has 0 saturated heterocycles. The van der Waals surface area contributed by atoms with Gasteiger partial charge >= 0.3 is 17.9 Å². The van der Waals surface area contributed by atoms with Crippen LogP contribution in [0.5, 0.6) is 0 Å². The Morgan fingerprint density at radius 2 is 0.583 bits per heavy atom. The van der Waals surface area contributed by atoms with Crippen molar-refractivity contribution in [3.63, 3.8) is 0 Å². The second-order valence-electron chi connectivity index (χ2n) is 18.8. The Kier molecular flexibility index (Phi) is 28.3. The number of nitrogens with one attached hydrogen (secondary N) is 3. The lowest BCUT2D eigenvalue weighted by Crippen LogP contribution is -2.45. The Morgan fingerprint density at radius 3 is 0.833 bits per heavy atom. The van der Waals surface area contributed by atoms with E-state index < -0.39 is 53.8 Å². The molecule has 4 rings (SSSR count). The standard InChI is InChI=1S/C60H81N3O9/c1-4-7-10-13-16-28-37-70-58(67)52(40-46-31-22-19-23-32-46)61-55(64)49-43-50(56(65)62-53(41-47-33-24-20-25-34-47)59(68)71-38-29-17-14-11-8-5-2)45-51(44-49)57(66)63-54(42-48-35-26-21-27-36-48)60(69)72-39-30-18-15-12-9-6-3/h19-27,31-36,43-45,52-54H,4-18,28-30,37-42H2,1-3H3,(H,61,64)(H,62,65)(H,63,66)/t52-,53-,54-/m0/s1. The Bertz CT molecular complexity index is 1940. The topological polar surface area (TPSA) is 166 Å². The molecule has 0 fully saturated rings. The summed E-state index contributed by atoms with van der Waals surface area (Å²) < 4.78 is 17.2. The third-order valence-electron chi connectivity index (χ3n) is 12.6. The van der Waals surface area contributed by atoms with Crippen molar-refractivity contribution in [3.8, 4) is 0 Å². The van der Waals surface area contributed by atoms with Gasteiger partial charge in [0.2, 0.25) is 0 Å². The van der Waals surface area contributed by atoms with Gasteiger partial charge in [-0.05, 0) is 54.2 Å². The van der Waals surface area contributed by atoms with Gasteiger partial charge in [-0.3, -0.25) is 14.4 Å².